The summed E-state index contributed by atoms with van der Waals surface area (Å²) >= 11 is 1.82. The highest BCUT2D eigenvalue weighted by Crippen LogP contribution is 2.34. The van der Waals surface area contributed by atoms with E-state index in [-0.39, 0.29) is 0 Å². The zero-order valence-corrected chi connectivity index (χ0v) is 14.5. The van der Waals surface area contributed by atoms with Gasteiger partial charge < -0.3 is 14.4 Å². The van der Waals surface area contributed by atoms with E-state index in [4.69, 9.17) is 9.47 Å². The van der Waals surface area contributed by atoms with Crippen LogP contribution in [0.4, 0.5) is 0 Å². The third kappa shape index (κ3) is 4.40. The van der Waals surface area contributed by atoms with E-state index in [1.165, 1.54) is 24.3 Å². The van der Waals surface area contributed by atoms with Gasteiger partial charge in [-0.3, -0.25) is 0 Å². The second-order valence-electron chi connectivity index (χ2n) is 6.61. The first-order chi connectivity index (χ1) is 10.7. The Hall–Kier alpha value is -0.710. The molecule has 22 heavy (non-hydrogen) atoms. The number of benzene rings is 1. The van der Waals surface area contributed by atoms with Crippen LogP contribution in [0.1, 0.15) is 32.6 Å². The van der Waals surface area contributed by atoms with Crippen molar-refractivity contribution in [1.82, 2.24) is 4.90 Å². The van der Waals surface area contributed by atoms with E-state index in [1.807, 2.05) is 11.8 Å². The lowest BCUT2D eigenvalue weighted by Gasteiger charge is -2.19. The molecule has 2 unspecified atom stereocenters. The highest BCUT2D eigenvalue weighted by Gasteiger charge is 2.23. The third-order valence-electron chi connectivity index (χ3n) is 4.63. The highest BCUT2D eigenvalue weighted by molar-refractivity contribution is 7.99. The van der Waals surface area contributed by atoms with Crippen LogP contribution >= 0.6 is 11.8 Å². The third-order valence-corrected chi connectivity index (χ3v) is 5.74. The minimum atomic E-state index is 0.303. The molecule has 4 heteroatoms. The van der Waals surface area contributed by atoms with Crippen LogP contribution in [0.5, 0.6) is 5.75 Å². The molecular formula is C18H27NO2S. The van der Waals surface area contributed by atoms with Gasteiger partial charge in [0.25, 0.3) is 0 Å². The maximum Gasteiger partial charge on any atom is 0.120 e. The van der Waals surface area contributed by atoms with E-state index < -0.39 is 0 Å². The molecule has 3 atom stereocenters. The molecule has 2 saturated heterocycles. The standard InChI is InChI=1S/C18H27NO2S/c1-14-11-18(21-13-14)22-17-7-3-6-16(12-17)20-10-8-15-5-4-9-19(15)2/h3,6-7,12,14-15,18H,4-5,8-11,13H2,1-2H3/t14-,15?,18?/m1/s1. The molecule has 0 radical (unpaired) electrons. The first-order valence-corrected chi connectivity index (χ1v) is 9.30. The van der Waals surface area contributed by atoms with Crippen molar-refractivity contribution in [3.05, 3.63) is 24.3 Å². The fraction of sp³-hybridized carbons (Fsp3) is 0.667. The molecule has 0 spiro atoms. The van der Waals surface area contributed by atoms with Crippen molar-refractivity contribution in [1.29, 1.82) is 0 Å². The van der Waals surface area contributed by atoms with E-state index >= 15 is 0 Å². The smallest absolute Gasteiger partial charge is 0.120 e. The average molecular weight is 321 g/mol. The van der Waals surface area contributed by atoms with E-state index in [0.717, 1.165) is 31.8 Å². The summed E-state index contributed by atoms with van der Waals surface area (Å²) in [5.74, 6) is 1.66. The van der Waals surface area contributed by atoms with Gasteiger partial charge in [-0.15, -0.1) is 0 Å². The molecule has 2 heterocycles. The monoisotopic (exact) mass is 321 g/mol. The molecule has 0 saturated carbocycles. The summed E-state index contributed by atoms with van der Waals surface area (Å²) < 4.78 is 11.7. The number of nitrogens with zero attached hydrogens (tertiary/aromatic N) is 1. The average Bonchev–Trinajstić information content (AvgIpc) is 3.09. The van der Waals surface area contributed by atoms with Crippen LogP contribution < -0.4 is 4.74 Å². The SMILES string of the molecule is C[C@H]1COC(Sc2cccc(OCCC3CCCN3C)c2)C1. The van der Waals surface area contributed by atoms with Crippen LogP contribution in [-0.4, -0.2) is 43.2 Å². The molecule has 2 aliphatic rings. The fourth-order valence-electron chi connectivity index (χ4n) is 3.26. The van der Waals surface area contributed by atoms with Crippen molar-refractivity contribution < 1.29 is 9.47 Å². The maximum absolute atomic E-state index is 5.96. The molecule has 0 aliphatic carbocycles. The van der Waals surface area contributed by atoms with Gasteiger partial charge in [0, 0.05) is 10.9 Å². The zero-order valence-electron chi connectivity index (χ0n) is 13.7. The predicted molar refractivity (Wildman–Crippen MR) is 91.6 cm³/mol. The predicted octanol–water partition coefficient (Wildman–Crippen LogP) is 4.02. The quantitative estimate of drug-likeness (QED) is 0.789. The summed E-state index contributed by atoms with van der Waals surface area (Å²) in [7, 11) is 2.22. The van der Waals surface area contributed by atoms with Crippen molar-refractivity contribution >= 4 is 11.8 Å². The van der Waals surface area contributed by atoms with Crippen molar-refractivity contribution in [3.63, 3.8) is 0 Å². The summed E-state index contributed by atoms with van der Waals surface area (Å²) in [6, 6.07) is 9.13. The Balaban J connectivity index is 1.46. The van der Waals surface area contributed by atoms with Gasteiger partial charge in [0.15, 0.2) is 0 Å². The Morgan fingerprint density at radius 3 is 3.05 bits per heavy atom. The van der Waals surface area contributed by atoms with E-state index in [0.29, 0.717) is 17.4 Å². The van der Waals surface area contributed by atoms with E-state index in [1.54, 1.807) is 0 Å². The fourth-order valence-corrected chi connectivity index (χ4v) is 4.48. The van der Waals surface area contributed by atoms with E-state index in [9.17, 15) is 0 Å². The van der Waals surface area contributed by atoms with Crippen LogP contribution in [0.25, 0.3) is 0 Å². The molecule has 3 nitrogen and oxygen atoms in total. The van der Waals surface area contributed by atoms with Crippen molar-refractivity contribution in [2.45, 2.75) is 49.0 Å². The zero-order chi connectivity index (χ0) is 15.4. The Kier molecular flexibility index (Phi) is 5.66. The van der Waals surface area contributed by atoms with Crippen LogP contribution in [0.15, 0.2) is 29.2 Å². The minimum Gasteiger partial charge on any atom is -0.493 e. The van der Waals surface area contributed by atoms with Gasteiger partial charge in [-0.1, -0.05) is 24.8 Å². The first-order valence-electron chi connectivity index (χ1n) is 8.42. The lowest BCUT2D eigenvalue weighted by molar-refractivity contribution is 0.166. The number of thioether (sulfide) groups is 1. The number of rotatable bonds is 6. The number of ether oxygens (including phenoxy) is 2. The summed E-state index contributed by atoms with van der Waals surface area (Å²) in [5, 5.41) is 0. The van der Waals surface area contributed by atoms with Crippen LogP contribution in [0.2, 0.25) is 0 Å². The van der Waals surface area contributed by atoms with Gasteiger partial charge in [0.05, 0.1) is 13.2 Å². The van der Waals surface area contributed by atoms with Crippen molar-refractivity contribution in [2.24, 2.45) is 5.92 Å². The molecule has 0 N–H and O–H groups in total. The van der Waals surface area contributed by atoms with Gasteiger partial charge in [0.2, 0.25) is 0 Å². The molecule has 0 aromatic heterocycles. The summed E-state index contributed by atoms with van der Waals surface area (Å²) in [4.78, 5) is 3.70. The largest absolute Gasteiger partial charge is 0.493 e. The molecule has 0 bridgehead atoms. The Morgan fingerprint density at radius 2 is 2.32 bits per heavy atom. The Labute approximate surface area is 138 Å². The lowest BCUT2D eigenvalue weighted by atomic mass is 10.1. The van der Waals surface area contributed by atoms with Gasteiger partial charge in [0.1, 0.15) is 11.2 Å². The molecule has 2 fully saturated rings. The van der Waals surface area contributed by atoms with E-state index in [2.05, 4.69) is 43.1 Å². The molecule has 2 aliphatic heterocycles. The second-order valence-corrected chi connectivity index (χ2v) is 7.84. The summed E-state index contributed by atoms with van der Waals surface area (Å²) in [6.45, 7) is 5.18. The van der Waals surface area contributed by atoms with Gasteiger partial charge in [-0.05, 0) is 63.4 Å². The molecule has 3 rings (SSSR count). The molecular weight excluding hydrogens is 294 g/mol. The van der Waals surface area contributed by atoms with Crippen LogP contribution in [-0.2, 0) is 4.74 Å². The number of likely N-dealkylation sites (tertiary alicyclic amines) is 1. The maximum atomic E-state index is 5.96. The van der Waals surface area contributed by atoms with Crippen molar-refractivity contribution in [3.8, 4) is 5.75 Å². The molecule has 1 aromatic carbocycles. The number of hydrogen-bond acceptors (Lipinski definition) is 4. The Bertz CT molecular complexity index is 482. The molecule has 0 amide bonds. The molecule has 1 aromatic rings. The highest BCUT2D eigenvalue weighted by atomic mass is 32.2. The normalized spacial score (nSPS) is 29.1. The van der Waals surface area contributed by atoms with Gasteiger partial charge in [-0.25, -0.2) is 0 Å². The first kappa shape index (κ1) is 16.2. The van der Waals surface area contributed by atoms with Crippen LogP contribution in [0, 0.1) is 5.92 Å². The van der Waals surface area contributed by atoms with Crippen LogP contribution in [0.3, 0.4) is 0 Å². The summed E-state index contributed by atoms with van der Waals surface area (Å²) in [5.41, 5.74) is 0.303. The topological polar surface area (TPSA) is 21.7 Å². The second kappa shape index (κ2) is 7.71. The lowest BCUT2D eigenvalue weighted by Crippen LogP contribution is -2.26. The molecule has 122 valence electrons. The Morgan fingerprint density at radius 1 is 1.41 bits per heavy atom. The van der Waals surface area contributed by atoms with Gasteiger partial charge >= 0.3 is 0 Å². The number of hydrogen-bond donors (Lipinski definition) is 0. The summed E-state index contributed by atoms with van der Waals surface area (Å²) in [6.07, 6.45) is 4.90. The van der Waals surface area contributed by atoms with Gasteiger partial charge in [-0.2, -0.15) is 0 Å². The minimum absolute atomic E-state index is 0.303. The van der Waals surface area contributed by atoms with Crippen molar-refractivity contribution in [2.75, 3.05) is 26.8 Å².